The Kier molecular flexibility index (Phi) is 4.99. The smallest absolute Gasteiger partial charge is 0.341 e. The molecule has 21 heavy (non-hydrogen) atoms. The molecule has 0 heterocycles. The molecule has 0 aromatic heterocycles. The van der Waals surface area contributed by atoms with Crippen LogP contribution in [0.25, 0.3) is 0 Å². The summed E-state index contributed by atoms with van der Waals surface area (Å²) in [5, 5.41) is 0. The van der Waals surface area contributed by atoms with Crippen LogP contribution in [0.2, 0.25) is 0 Å². The van der Waals surface area contributed by atoms with Crippen molar-refractivity contribution in [2.24, 2.45) is 0 Å². The molecule has 0 amide bonds. The fourth-order valence-electron chi connectivity index (χ4n) is 1.57. The van der Waals surface area contributed by atoms with Gasteiger partial charge in [-0.2, -0.15) is 0 Å². The molecule has 0 saturated heterocycles. The zero-order valence-electron chi connectivity index (χ0n) is 12.6. The number of sulfone groups is 1. The quantitative estimate of drug-likeness (QED) is 0.679. The number of benzene rings is 1. The minimum atomic E-state index is -3.40. The Labute approximate surface area is 124 Å². The van der Waals surface area contributed by atoms with Gasteiger partial charge in [-0.25, -0.2) is 17.6 Å². The molecule has 0 radical (unpaired) electrons. The average molecular weight is 317 g/mol. The van der Waals surface area contributed by atoms with Gasteiger partial charge in [0.15, 0.2) is 9.84 Å². The number of nitrogen functional groups attached to an aromatic ring is 1. The molecule has 0 atom stereocenters. The summed E-state index contributed by atoms with van der Waals surface area (Å²) in [4.78, 5) is 11.8. The van der Waals surface area contributed by atoms with E-state index >= 15 is 0 Å². The topological polar surface area (TPSA) is 86.5 Å². The molecule has 0 bridgehead atoms. The van der Waals surface area contributed by atoms with Crippen molar-refractivity contribution < 1.29 is 22.3 Å². The van der Waals surface area contributed by atoms with Crippen LogP contribution in [0.15, 0.2) is 12.1 Å². The van der Waals surface area contributed by atoms with Gasteiger partial charge in [-0.1, -0.05) is 0 Å². The molecule has 0 unspecified atom stereocenters. The van der Waals surface area contributed by atoms with Gasteiger partial charge in [0.05, 0.1) is 16.1 Å². The highest BCUT2D eigenvalue weighted by molar-refractivity contribution is 7.92. The lowest BCUT2D eigenvalue weighted by molar-refractivity contribution is 0.0523. The van der Waals surface area contributed by atoms with Crippen LogP contribution in [0.1, 0.15) is 36.7 Å². The Morgan fingerprint density at radius 2 is 1.90 bits per heavy atom. The fraction of sp³-hybridized carbons (Fsp3) is 0.500. The van der Waals surface area contributed by atoms with Crippen molar-refractivity contribution in [1.29, 1.82) is 0 Å². The molecular formula is C14H20FNO4S. The van der Waals surface area contributed by atoms with E-state index in [0.717, 1.165) is 0 Å². The van der Waals surface area contributed by atoms with E-state index in [0.29, 0.717) is 0 Å². The van der Waals surface area contributed by atoms with Crippen LogP contribution in [0, 0.1) is 12.7 Å². The Bertz CT molecular complexity index is 648. The molecule has 0 fully saturated rings. The fourth-order valence-corrected chi connectivity index (χ4v) is 2.49. The number of anilines is 1. The summed E-state index contributed by atoms with van der Waals surface area (Å²) in [6.45, 7) is 5.83. The Hall–Kier alpha value is -1.63. The minimum absolute atomic E-state index is 0.226. The zero-order valence-corrected chi connectivity index (χ0v) is 13.4. The molecule has 5 nitrogen and oxygen atoms in total. The van der Waals surface area contributed by atoms with Gasteiger partial charge in [0.25, 0.3) is 0 Å². The number of carbonyl (C=O) groups is 1. The maximum absolute atomic E-state index is 13.8. The number of carbonyl (C=O) groups excluding carboxylic acids is 1. The molecule has 7 heteroatoms. The van der Waals surface area contributed by atoms with Crippen LogP contribution in [0.3, 0.4) is 0 Å². The molecule has 118 valence electrons. The van der Waals surface area contributed by atoms with Crippen LogP contribution in [-0.2, 0) is 14.6 Å². The van der Waals surface area contributed by atoms with Gasteiger partial charge in [0.2, 0.25) is 0 Å². The van der Waals surface area contributed by atoms with Crippen molar-refractivity contribution in [3.05, 3.63) is 29.1 Å². The number of rotatable bonds is 4. The molecule has 0 aliphatic heterocycles. The number of hydrogen-bond acceptors (Lipinski definition) is 5. The molecule has 2 N–H and O–H groups in total. The monoisotopic (exact) mass is 317 g/mol. The van der Waals surface area contributed by atoms with Crippen LogP contribution in [0.4, 0.5) is 10.1 Å². The van der Waals surface area contributed by atoms with Gasteiger partial charge in [-0.3, -0.25) is 0 Å². The second kappa shape index (κ2) is 6.01. The lowest BCUT2D eigenvalue weighted by Crippen LogP contribution is -2.32. The summed E-state index contributed by atoms with van der Waals surface area (Å²) in [6, 6.07) is 2.57. The molecule has 1 aromatic carbocycles. The second-order valence-electron chi connectivity index (χ2n) is 5.77. The van der Waals surface area contributed by atoms with Gasteiger partial charge in [0.1, 0.15) is 12.4 Å². The normalized spacial score (nSPS) is 12.2. The highest BCUT2D eigenvalue weighted by Gasteiger charge is 2.29. The summed E-state index contributed by atoms with van der Waals surface area (Å²) in [6.07, 6.45) is 0. The Morgan fingerprint density at radius 1 is 1.33 bits per heavy atom. The maximum atomic E-state index is 13.8. The first-order valence-electron chi connectivity index (χ1n) is 6.41. The van der Waals surface area contributed by atoms with Gasteiger partial charge in [-0.05, 0) is 45.4 Å². The van der Waals surface area contributed by atoms with E-state index < -0.39 is 26.4 Å². The highest BCUT2D eigenvalue weighted by atomic mass is 32.2. The van der Waals surface area contributed by atoms with Crippen molar-refractivity contribution >= 4 is 21.5 Å². The Morgan fingerprint density at radius 3 is 2.43 bits per heavy atom. The number of nitrogens with two attached hydrogens (primary N) is 1. The van der Waals surface area contributed by atoms with E-state index in [1.807, 2.05) is 0 Å². The summed E-state index contributed by atoms with van der Waals surface area (Å²) in [5.74, 6) is -1.95. The summed E-state index contributed by atoms with van der Waals surface area (Å²) in [7, 11) is -3.40. The Balaban J connectivity index is 2.77. The molecule has 1 rings (SSSR count). The standard InChI is InChI=1S/C14H20FNO4S/c1-9-7-10(16)8-11(12(9)15)13(17)20-5-6-21(18,19)14(2,3)4/h7-8H,5-6,16H2,1-4H3. The van der Waals surface area contributed by atoms with Crippen molar-refractivity contribution in [1.82, 2.24) is 0 Å². The SMILES string of the molecule is Cc1cc(N)cc(C(=O)OCCS(=O)(=O)C(C)(C)C)c1F. The molecule has 1 aromatic rings. The van der Waals surface area contributed by atoms with Crippen LogP contribution >= 0.6 is 0 Å². The minimum Gasteiger partial charge on any atom is -0.461 e. The first-order valence-corrected chi connectivity index (χ1v) is 8.06. The third-order valence-electron chi connectivity index (χ3n) is 3.02. The van der Waals surface area contributed by atoms with Gasteiger partial charge < -0.3 is 10.5 Å². The average Bonchev–Trinajstić information content (AvgIpc) is 2.31. The van der Waals surface area contributed by atoms with E-state index in [9.17, 15) is 17.6 Å². The number of ether oxygens (including phenoxy) is 1. The van der Waals surface area contributed by atoms with Crippen LogP contribution in [-0.4, -0.2) is 31.5 Å². The summed E-state index contributed by atoms with van der Waals surface area (Å²) in [5.41, 5.74) is 5.72. The molecule has 0 aliphatic carbocycles. The van der Waals surface area contributed by atoms with E-state index in [1.165, 1.54) is 19.1 Å². The van der Waals surface area contributed by atoms with E-state index in [-0.39, 0.29) is 29.2 Å². The second-order valence-corrected chi connectivity index (χ2v) is 8.63. The van der Waals surface area contributed by atoms with Crippen molar-refractivity contribution in [3.8, 4) is 0 Å². The lowest BCUT2D eigenvalue weighted by atomic mass is 10.1. The predicted molar refractivity (Wildman–Crippen MR) is 79.4 cm³/mol. The largest absolute Gasteiger partial charge is 0.461 e. The predicted octanol–water partition coefficient (Wildman–Crippen LogP) is 2.09. The molecule has 0 saturated carbocycles. The number of esters is 1. The number of aryl methyl sites for hydroxylation is 1. The van der Waals surface area contributed by atoms with Crippen molar-refractivity contribution in [2.75, 3.05) is 18.1 Å². The molecular weight excluding hydrogens is 297 g/mol. The van der Waals surface area contributed by atoms with Crippen molar-refractivity contribution in [3.63, 3.8) is 0 Å². The maximum Gasteiger partial charge on any atom is 0.341 e. The molecule has 0 spiro atoms. The van der Waals surface area contributed by atoms with Gasteiger partial charge in [0, 0.05) is 5.69 Å². The van der Waals surface area contributed by atoms with E-state index in [2.05, 4.69) is 0 Å². The summed E-state index contributed by atoms with van der Waals surface area (Å²) < 4.78 is 41.4. The molecule has 0 aliphatic rings. The van der Waals surface area contributed by atoms with E-state index in [4.69, 9.17) is 10.5 Å². The summed E-state index contributed by atoms with van der Waals surface area (Å²) >= 11 is 0. The number of halogens is 1. The van der Waals surface area contributed by atoms with Crippen molar-refractivity contribution in [2.45, 2.75) is 32.4 Å². The third kappa shape index (κ3) is 4.17. The highest BCUT2D eigenvalue weighted by Crippen LogP contribution is 2.19. The van der Waals surface area contributed by atoms with Gasteiger partial charge >= 0.3 is 5.97 Å². The van der Waals surface area contributed by atoms with Crippen LogP contribution < -0.4 is 5.73 Å². The van der Waals surface area contributed by atoms with Crippen LogP contribution in [0.5, 0.6) is 0 Å². The van der Waals surface area contributed by atoms with Gasteiger partial charge in [-0.15, -0.1) is 0 Å². The first kappa shape index (κ1) is 17.4. The zero-order chi connectivity index (χ0) is 16.4. The lowest BCUT2D eigenvalue weighted by Gasteiger charge is -2.18. The van der Waals surface area contributed by atoms with E-state index in [1.54, 1.807) is 20.8 Å². The first-order chi connectivity index (χ1) is 9.45. The third-order valence-corrected chi connectivity index (χ3v) is 5.59. The number of hydrogen-bond donors (Lipinski definition) is 1.